The summed E-state index contributed by atoms with van der Waals surface area (Å²) in [6, 6.07) is 30.7. The molecule has 0 N–H and O–H groups in total. The quantitative estimate of drug-likeness (QED) is 0.526. The second kappa shape index (κ2) is 6.85. The molecule has 0 amide bonds. The van der Waals surface area contributed by atoms with Crippen LogP contribution in [0.4, 0.5) is 0 Å². The Balaban J connectivity index is 2.12. The zero-order chi connectivity index (χ0) is 15.4. The zero-order valence-corrected chi connectivity index (χ0v) is 13.9. The summed E-state index contributed by atoms with van der Waals surface area (Å²) in [4.78, 5) is 4.13. The molecule has 110 valence electrons. The monoisotopic (exact) mass is 305 g/mol. The molecular formula is C21H21S+. The maximum absolute atomic E-state index is 2.37. The van der Waals surface area contributed by atoms with Crippen molar-refractivity contribution in [1.29, 1.82) is 0 Å². The molecule has 22 heavy (non-hydrogen) atoms. The lowest BCUT2D eigenvalue weighted by Crippen LogP contribution is -2.05. The van der Waals surface area contributed by atoms with Gasteiger partial charge in [-0.15, -0.1) is 0 Å². The van der Waals surface area contributed by atoms with E-state index in [-0.39, 0.29) is 10.9 Å². The van der Waals surface area contributed by atoms with E-state index in [1.807, 2.05) is 0 Å². The number of rotatable bonds is 4. The minimum Gasteiger partial charge on any atom is -0.0619 e. The molecule has 0 nitrogen and oxygen atoms in total. The molecule has 0 aromatic heterocycles. The average molecular weight is 305 g/mol. The van der Waals surface area contributed by atoms with Crippen molar-refractivity contribution >= 4 is 10.9 Å². The maximum Gasteiger partial charge on any atom is 0.166 e. The number of hydrogen-bond acceptors (Lipinski definition) is 0. The first kappa shape index (κ1) is 14.9. The molecule has 0 bridgehead atoms. The van der Waals surface area contributed by atoms with E-state index in [2.05, 4.69) is 98.8 Å². The SMILES string of the molecule is CC(C)c1cccc([S+](c2ccccc2)c2ccccc2)c1. The van der Waals surface area contributed by atoms with Gasteiger partial charge in [0.1, 0.15) is 0 Å². The number of benzene rings is 3. The normalized spacial score (nSPS) is 11.1. The highest BCUT2D eigenvalue weighted by molar-refractivity contribution is 7.97. The molecule has 0 saturated heterocycles. The Kier molecular flexibility index (Phi) is 4.65. The summed E-state index contributed by atoms with van der Waals surface area (Å²) in [7, 11) is -0.0415. The lowest BCUT2D eigenvalue weighted by Gasteiger charge is -2.10. The van der Waals surface area contributed by atoms with Crippen LogP contribution in [0, 0.1) is 0 Å². The van der Waals surface area contributed by atoms with Crippen molar-refractivity contribution in [2.75, 3.05) is 0 Å². The van der Waals surface area contributed by atoms with Gasteiger partial charge in [-0.2, -0.15) is 0 Å². The van der Waals surface area contributed by atoms with Gasteiger partial charge in [-0.25, -0.2) is 0 Å². The largest absolute Gasteiger partial charge is 0.166 e. The predicted molar refractivity (Wildman–Crippen MR) is 95.6 cm³/mol. The smallest absolute Gasteiger partial charge is 0.0619 e. The highest BCUT2D eigenvalue weighted by Gasteiger charge is 2.28. The third kappa shape index (κ3) is 3.26. The van der Waals surface area contributed by atoms with Crippen molar-refractivity contribution in [3.8, 4) is 0 Å². The molecule has 3 aromatic carbocycles. The summed E-state index contributed by atoms with van der Waals surface area (Å²) in [6.07, 6.45) is 0. The van der Waals surface area contributed by atoms with Gasteiger partial charge in [0.25, 0.3) is 0 Å². The van der Waals surface area contributed by atoms with Crippen LogP contribution >= 0.6 is 0 Å². The van der Waals surface area contributed by atoms with E-state index in [1.54, 1.807) is 0 Å². The fourth-order valence-electron chi connectivity index (χ4n) is 2.52. The van der Waals surface area contributed by atoms with Crippen molar-refractivity contribution in [1.82, 2.24) is 0 Å². The van der Waals surface area contributed by atoms with Gasteiger partial charge < -0.3 is 0 Å². The maximum atomic E-state index is 2.37. The van der Waals surface area contributed by atoms with Crippen LogP contribution in [0.25, 0.3) is 0 Å². The summed E-state index contributed by atoms with van der Waals surface area (Å²) < 4.78 is 0. The summed E-state index contributed by atoms with van der Waals surface area (Å²) in [5.41, 5.74) is 1.40. The summed E-state index contributed by atoms with van der Waals surface area (Å²) in [5.74, 6) is 0.553. The highest BCUT2D eigenvalue weighted by atomic mass is 32.2. The molecule has 0 spiro atoms. The molecular weight excluding hydrogens is 284 g/mol. The van der Waals surface area contributed by atoms with Gasteiger partial charge >= 0.3 is 0 Å². The minimum atomic E-state index is -0.0415. The molecule has 0 heterocycles. The van der Waals surface area contributed by atoms with Gasteiger partial charge in [0.15, 0.2) is 14.7 Å². The summed E-state index contributed by atoms with van der Waals surface area (Å²) in [6.45, 7) is 4.50. The molecule has 3 rings (SSSR count). The first-order valence-corrected chi connectivity index (χ1v) is 8.92. The van der Waals surface area contributed by atoms with Crippen LogP contribution in [0.1, 0.15) is 25.3 Å². The summed E-state index contributed by atoms with van der Waals surface area (Å²) in [5, 5.41) is 0. The molecule has 1 heteroatoms. The van der Waals surface area contributed by atoms with E-state index in [9.17, 15) is 0 Å². The third-order valence-corrected chi connectivity index (χ3v) is 5.93. The minimum absolute atomic E-state index is 0.0415. The second-order valence-electron chi connectivity index (χ2n) is 5.66. The van der Waals surface area contributed by atoms with Crippen molar-refractivity contribution in [2.45, 2.75) is 34.5 Å². The van der Waals surface area contributed by atoms with E-state index < -0.39 is 0 Å². The van der Waals surface area contributed by atoms with Crippen molar-refractivity contribution < 1.29 is 0 Å². The molecule has 0 unspecified atom stereocenters. The van der Waals surface area contributed by atoms with Crippen LogP contribution < -0.4 is 0 Å². The van der Waals surface area contributed by atoms with Gasteiger partial charge in [-0.1, -0.05) is 62.4 Å². The van der Waals surface area contributed by atoms with Gasteiger partial charge in [0.05, 0.1) is 10.9 Å². The molecule has 0 aliphatic rings. The van der Waals surface area contributed by atoms with Crippen LogP contribution in [-0.2, 0) is 10.9 Å². The van der Waals surface area contributed by atoms with E-state index in [0.717, 1.165) is 0 Å². The van der Waals surface area contributed by atoms with E-state index >= 15 is 0 Å². The molecule has 0 atom stereocenters. The zero-order valence-electron chi connectivity index (χ0n) is 13.1. The van der Waals surface area contributed by atoms with Crippen LogP contribution in [-0.4, -0.2) is 0 Å². The lowest BCUT2D eigenvalue weighted by molar-refractivity contribution is 0.862. The average Bonchev–Trinajstić information content (AvgIpc) is 2.57. The van der Waals surface area contributed by atoms with Crippen LogP contribution in [0.2, 0.25) is 0 Å². The second-order valence-corrected chi connectivity index (χ2v) is 7.69. The molecule has 0 aliphatic carbocycles. The Hall–Kier alpha value is -1.99. The first-order chi connectivity index (χ1) is 10.8. The van der Waals surface area contributed by atoms with E-state index in [1.165, 1.54) is 20.2 Å². The van der Waals surface area contributed by atoms with Gasteiger partial charge in [0, 0.05) is 0 Å². The van der Waals surface area contributed by atoms with E-state index in [0.29, 0.717) is 5.92 Å². The fourth-order valence-corrected chi connectivity index (χ4v) is 4.67. The van der Waals surface area contributed by atoms with Crippen molar-refractivity contribution in [3.05, 3.63) is 90.5 Å². The van der Waals surface area contributed by atoms with Gasteiger partial charge in [-0.05, 0) is 47.9 Å². The Bertz CT molecular complexity index is 678. The highest BCUT2D eigenvalue weighted by Crippen LogP contribution is 2.32. The lowest BCUT2D eigenvalue weighted by atomic mass is 10.0. The van der Waals surface area contributed by atoms with Crippen LogP contribution in [0.3, 0.4) is 0 Å². The van der Waals surface area contributed by atoms with Crippen LogP contribution in [0.15, 0.2) is 99.6 Å². The molecule has 0 radical (unpaired) electrons. The Morgan fingerprint density at radius 1 is 0.591 bits per heavy atom. The Morgan fingerprint density at radius 2 is 1.09 bits per heavy atom. The first-order valence-electron chi connectivity index (χ1n) is 7.70. The standard InChI is InChI=1S/C21H21S/c1-17(2)18-10-9-15-21(16-18)22(19-11-5-3-6-12-19)20-13-7-4-8-14-20/h3-17H,1-2H3/q+1. The molecule has 0 aliphatic heterocycles. The third-order valence-electron chi connectivity index (χ3n) is 3.72. The Labute approximate surface area is 136 Å². The topological polar surface area (TPSA) is 0 Å². The van der Waals surface area contributed by atoms with Crippen molar-refractivity contribution in [2.24, 2.45) is 0 Å². The molecule has 0 saturated carbocycles. The van der Waals surface area contributed by atoms with Gasteiger partial charge in [-0.3, -0.25) is 0 Å². The van der Waals surface area contributed by atoms with E-state index in [4.69, 9.17) is 0 Å². The molecule has 3 aromatic rings. The summed E-state index contributed by atoms with van der Waals surface area (Å²) >= 11 is 0. The number of hydrogen-bond donors (Lipinski definition) is 0. The fraction of sp³-hybridized carbons (Fsp3) is 0.143. The molecule has 0 fully saturated rings. The Morgan fingerprint density at radius 3 is 1.59 bits per heavy atom. The predicted octanol–water partition coefficient (Wildman–Crippen LogP) is 5.91. The van der Waals surface area contributed by atoms with Gasteiger partial charge in [0.2, 0.25) is 0 Å². The van der Waals surface area contributed by atoms with Crippen molar-refractivity contribution in [3.63, 3.8) is 0 Å². The van der Waals surface area contributed by atoms with Crippen LogP contribution in [0.5, 0.6) is 0 Å².